The average molecular weight is 455 g/mol. The number of benzene rings is 2. The molecular weight excluding hydrogens is 431 g/mol. The average Bonchev–Trinajstić information content (AvgIpc) is 3.13. The molecule has 168 valence electrons. The van der Waals surface area contributed by atoms with Gasteiger partial charge in [-0.2, -0.15) is 13.2 Å². The molecule has 1 saturated heterocycles. The Hall–Kier alpha value is -2.55. The maximum Gasteiger partial charge on any atom is 0.417 e. The Balaban J connectivity index is 2.07. The minimum atomic E-state index is -4.84. The first kappa shape index (κ1) is 23.1. The number of sulfone groups is 1. The summed E-state index contributed by atoms with van der Waals surface area (Å²) in [5, 5.41) is 8.47. The van der Waals surface area contributed by atoms with Crippen LogP contribution >= 0.6 is 0 Å². The zero-order valence-corrected chi connectivity index (χ0v) is 18.2. The number of halogens is 3. The lowest BCUT2D eigenvalue weighted by Gasteiger charge is -2.31. The number of carboxylic acids is 1. The third-order valence-corrected chi connectivity index (χ3v) is 7.70. The van der Waals surface area contributed by atoms with E-state index in [1.54, 1.807) is 12.1 Å². The highest BCUT2D eigenvalue weighted by Crippen LogP contribution is 2.40. The number of anilines is 1. The Morgan fingerprint density at radius 2 is 1.55 bits per heavy atom. The van der Waals surface area contributed by atoms with Gasteiger partial charge in [-0.3, -0.25) is 0 Å². The summed E-state index contributed by atoms with van der Waals surface area (Å²) in [6.45, 7) is 5.64. The van der Waals surface area contributed by atoms with Gasteiger partial charge in [-0.15, -0.1) is 0 Å². The molecular formula is C22H24F3NO4S. The molecule has 0 bridgehead atoms. The smallest absolute Gasteiger partial charge is 0.417 e. The lowest BCUT2D eigenvalue weighted by Crippen LogP contribution is -2.37. The van der Waals surface area contributed by atoms with Crippen LogP contribution in [0.2, 0.25) is 0 Å². The van der Waals surface area contributed by atoms with Crippen LogP contribution in [0.25, 0.3) is 0 Å². The van der Waals surface area contributed by atoms with Gasteiger partial charge in [0.25, 0.3) is 0 Å². The van der Waals surface area contributed by atoms with Crippen molar-refractivity contribution in [3.63, 3.8) is 0 Å². The fraction of sp³-hybridized carbons (Fsp3) is 0.409. The topological polar surface area (TPSA) is 74.7 Å². The van der Waals surface area contributed by atoms with Crippen molar-refractivity contribution in [3.8, 4) is 0 Å². The van der Waals surface area contributed by atoms with Crippen molar-refractivity contribution in [2.45, 2.75) is 55.0 Å². The number of nitrogens with zero attached hydrogens (tertiary/aromatic N) is 1. The Bertz CT molecular complexity index is 1090. The highest BCUT2D eigenvalue weighted by Gasteiger charge is 2.47. The summed E-state index contributed by atoms with van der Waals surface area (Å²) in [6, 6.07) is 9.95. The Labute approximate surface area is 179 Å². The molecule has 0 saturated carbocycles. The summed E-state index contributed by atoms with van der Waals surface area (Å²) in [6.07, 6.45) is -5.14. The van der Waals surface area contributed by atoms with Crippen molar-refractivity contribution in [1.82, 2.24) is 0 Å². The highest BCUT2D eigenvalue weighted by molar-refractivity contribution is 7.92. The van der Waals surface area contributed by atoms with Crippen molar-refractivity contribution in [2.24, 2.45) is 0 Å². The minimum absolute atomic E-state index is 0.210. The number of hydrogen-bond acceptors (Lipinski definition) is 4. The van der Waals surface area contributed by atoms with Crippen LogP contribution in [-0.2, 0) is 26.2 Å². The lowest BCUT2D eigenvalue weighted by molar-refractivity contribution is -0.140. The van der Waals surface area contributed by atoms with E-state index in [4.69, 9.17) is 0 Å². The van der Waals surface area contributed by atoms with Crippen LogP contribution in [0.5, 0.6) is 0 Å². The quantitative estimate of drug-likeness (QED) is 0.734. The number of carboxylic acid groups (broad SMARTS) is 1. The van der Waals surface area contributed by atoms with Crippen LogP contribution in [-0.4, -0.2) is 37.3 Å². The molecule has 1 aliphatic rings. The number of para-hydroxylation sites is 1. The molecule has 0 amide bonds. The van der Waals surface area contributed by atoms with E-state index in [0.29, 0.717) is 5.69 Å². The number of carbonyl (C=O) groups is 1. The first-order valence-corrected chi connectivity index (χ1v) is 11.3. The molecule has 9 heteroatoms. The van der Waals surface area contributed by atoms with E-state index >= 15 is 0 Å². The molecule has 0 spiro atoms. The summed E-state index contributed by atoms with van der Waals surface area (Å²) in [5.74, 6) is -1.22. The van der Waals surface area contributed by atoms with Crippen LogP contribution in [0, 0.1) is 0 Å². The molecule has 1 N–H and O–H groups in total. The third-order valence-electron chi connectivity index (χ3n) is 5.51. The van der Waals surface area contributed by atoms with E-state index < -0.39 is 43.7 Å². The molecule has 3 rings (SSSR count). The van der Waals surface area contributed by atoms with Gasteiger partial charge >= 0.3 is 12.1 Å². The van der Waals surface area contributed by atoms with Crippen molar-refractivity contribution in [2.75, 3.05) is 11.4 Å². The second-order valence-electron chi connectivity index (χ2n) is 8.67. The maximum absolute atomic E-state index is 13.4. The summed E-state index contributed by atoms with van der Waals surface area (Å²) in [7, 11) is -4.43. The van der Waals surface area contributed by atoms with Crippen molar-refractivity contribution in [1.29, 1.82) is 0 Å². The fourth-order valence-electron chi connectivity index (χ4n) is 4.01. The van der Waals surface area contributed by atoms with Gasteiger partial charge in [-0.05, 0) is 35.6 Å². The zero-order chi connectivity index (χ0) is 23.2. The monoisotopic (exact) mass is 455 g/mol. The zero-order valence-electron chi connectivity index (χ0n) is 17.3. The van der Waals surface area contributed by atoms with Crippen LogP contribution in [0.4, 0.5) is 18.9 Å². The highest BCUT2D eigenvalue weighted by atomic mass is 32.2. The molecule has 0 aromatic heterocycles. The molecule has 0 aliphatic carbocycles. The predicted octanol–water partition coefficient (Wildman–Crippen LogP) is 4.51. The summed E-state index contributed by atoms with van der Waals surface area (Å²) in [5.41, 5.74) is -0.186. The van der Waals surface area contributed by atoms with Crippen LogP contribution in [0.1, 0.15) is 38.3 Å². The third kappa shape index (κ3) is 4.42. The number of rotatable bonds is 4. The Kier molecular flexibility index (Phi) is 5.86. The number of aliphatic carboxylic acids is 1. The fourth-order valence-corrected chi connectivity index (χ4v) is 5.92. The largest absolute Gasteiger partial charge is 0.480 e. The molecule has 5 nitrogen and oxygen atoms in total. The molecule has 0 radical (unpaired) electrons. The summed E-state index contributed by atoms with van der Waals surface area (Å²) < 4.78 is 66.7. The van der Waals surface area contributed by atoms with Crippen LogP contribution in [0.15, 0.2) is 53.4 Å². The molecule has 2 atom stereocenters. The van der Waals surface area contributed by atoms with Gasteiger partial charge in [0.15, 0.2) is 9.84 Å². The summed E-state index contributed by atoms with van der Waals surface area (Å²) in [4.78, 5) is 12.6. The molecule has 1 fully saturated rings. The van der Waals surface area contributed by atoms with Gasteiger partial charge in [-0.25, -0.2) is 13.2 Å². The standard InChI is InChI=1S/C22H24F3NO4S/c1-21(2,3)15-8-4-6-10-17(15)26-13-14(12-18(26)20(27)28)31(29,30)19-11-7-5-9-16(19)22(23,24)25/h4-11,14,18H,12-13H2,1-3H3,(H,27,28). The van der Waals surface area contributed by atoms with Gasteiger partial charge < -0.3 is 10.0 Å². The second kappa shape index (κ2) is 7.85. The van der Waals surface area contributed by atoms with Crippen LogP contribution < -0.4 is 4.90 Å². The molecule has 1 aliphatic heterocycles. The maximum atomic E-state index is 13.4. The van der Waals surface area contributed by atoms with E-state index in [2.05, 4.69) is 0 Å². The Morgan fingerprint density at radius 1 is 1.00 bits per heavy atom. The van der Waals surface area contributed by atoms with Crippen molar-refractivity contribution >= 4 is 21.5 Å². The van der Waals surface area contributed by atoms with Crippen LogP contribution in [0.3, 0.4) is 0 Å². The van der Waals surface area contributed by atoms with Gasteiger partial charge in [-0.1, -0.05) is 51.1 Å². The first-order valence-electron chi connectivity index (χ1n) is 9.73. The molecule has 1 heterocycles. The van der Waals surface area contributed by atoms with E-state index in [0.717, 1.165) is 23.8 Å². The predicted molar refractivity (Wildman–Crippen MR) is 111 cm³/mol. The SMILES string of the molecule is CC(C)(C)c1ccccc1N1CC(S(=O)(=O)c2ccccc2C(F)(F)F)CC1C(=O)O. The van der Waals surface area contributed by atoms with E-state index in [-0.39, 0.29) is 18.4 Å². The van der Waals surface area contributed by atoms with E-state index in [9.17, 15) is 31.5 Å². The van der Waals surface area contributed by atoms with Crippen molar-refractivity contribution < 1.29 is 31.5 Å². The van der Waals surface area contributed by atoms with Crippen molar-refractivity contribution in [3.05, 3.63) is 59.7 Å². The number of hydrogen-bond donors (Lipinski definition) is 1. The summed E-state index contributed by atoms with van der Waals surface area (Å²) >= 11 is 0. The molecule has 31 heavy (non-hydrogen) atoms. The van der Waals surface area contributed by atoms with Gasteiger partial charge in [0.2, 0.25) is 0 Å². The first-order chi connectivity index (χ1) is 14.2. The minimum Gasteiger partial charge on any atom is -0.480 e. The van der Waals surface area contributed by atoms with Gasteiger partial charge in [0.1, 0.15) is 6.04 Å². The van der Waals surface area contributed by atoms with E-state index in [1.807, 2.05) is 32.9 Å². The lowest BCUT2D eigenvalue weighted by atomic mass is 9.85. The second-order valence-corrected chi connectivity index (χ2v) is 10.9. The normalized spacial score (nSPS) is 20.1. The van der Waals surface area contributed by atoms with E-state index in [1.165, 1.54) is 11.0 Å². The molecule has 2 unspecified atom stereocenters. The molecule has 2 aromatic carbocycles. The Morgan fingerprint density at radius 3 is 2.10 bits per heavy atom. The van der Waals surface area contributed by atoms with Gasteiger partial charge in [0, 0.05) is 12.2 Å². The van der Waals surface area contributed by atoms with Gasteiger partial charge in [0.05, 0.1) is 15.7 Å². The number of alkyl halides is 3. The molecule has 2 aromatic rings.